The van der Waals surface area contributed by atoms with Crippen molar-refractivity contribution in [3.63, 3.8) is 0 Å². The Morgan fingerprint density at radius 1 is 1.43 bits per heavy atom. The molecule has 126 valence electrons. The molecule has 1 aliphatic heterocycles. The fourth-order valence-corrected chi connectivity index (χ4v) is 2.70. The van der Waals surface area contributed by atoms with Crippen LogP contribution in [0, 0.1) is 0 Å². The zero-order valence-electron chi connectivity index (χ0n) is 12.5. The van der Waals surface area contributed by atoms with Crippen LogP contribution in [0.25, 0.3) is 0 Å². The molecule has 1 heterocycles. The maximum Gasteiger partial charge on any atom is 0.416 e. The normalized spacial score (nSPS) is 19.9. The van der Waals surface area contributed by atoms with Crippen LogP contribution in [0.5, 0.6) is 0 Å². The van der Waals surface area contributed by atoms with E-state index in [0.717, 1.165) is 31.9 Å². The average molecular weight is 344 g/mol. The molecule has 2 rings (SSSR count). The van der Waals surface area contributed by atoms with Crippen molar-refractivity contribution >= 4 is 23.5 Å². The summed E-state index contributed by atoms with van der Waals surface area (Å²) in [5.74, 6) is 0. The highest BCUT2D eigenvalue weighted by molar-refractivity contribution is 7.80. The summed E-state index contributed by atoms with van der Waals surface area (Å²) in [6, 6.07) is 5.51. The lowest BCUT2D eigenvalue weighted by atomic mass is 10.0. The van der Waals surface area contributed by atoms with Crippen LogP contribution < -0.4 is 11.2 Å². The summed E-state index contributed by atoms with van der Waals surface area (Å²) < 4.78 is 38.4. The molecule has 1 aliphatic rings. The number of nitrogens with two attached hydrogens (primary N) is 1. The van der Waals surface area contributed by atoms with Crippen molar-refractivity contribution in [2.75, 3.05) is 6.54 Å². The van der Waals surface area contributed by atoms with E-state index < -0.39 is 11.7 Å². The molecular weight excluding hydrogens is 325 g/mol. The molecule has 1 saturated heterocycles. The predicted molar refractivity (Wildman–Crippen MR) is 87.9 cm³/mol. The topological polar surface area (TPSA) is 53.6 Å². The van der Waals surface area contributed by atoms with Crippen LogP contribution in [-0.4, -0.2) is 28.8 Å². The Hall–Kier alpha value is -1.67. The van der Waals surface area contributed by atoms with Gasteiger partial charge in [-0.3, -0.25) is 10.3 Å². The Labute approximate surface area is 138 Å². The molecule has 0 aromatic heterocycles. The standard InChI is InChI=1S/C15H19F3N4S/c16-15(17,18)12-5-3-4-11(8-12)10-22-7-2-1-6-13(22)9-20-21-14(19)23/h3-5,8-9,13H,1-2,6-7,10H2,(H3,19,21,23). The first-order valence-electron chi connectivity index (χ1n) is 7.35. The van der Waals surface area contributed by atoms with Crippen molar-refractivity contribution in [3.8, 4) is 0 Å². The Morgan fingerprint density at radius 2 is 2.22 bits per heavy atom. The van der Waals surface area contributed by atoms with Gasteiger partial charge in [-0.2, -0.15) is 18.3 Å². The Balaban J connectivity index is 2.07. The first-order chi connectivity index (χ1) is 10.9. The van der Waals surface area contributed by atoms with Gasteiger partial charge >= 0.3 is 6.18 Å². The number of hydrogen-bond donors (Lipinski definition) is 2. The van der Waals surface area contributed by atoms with E-state index in [1.165, 1.54) is 12.1 Å². The van der Waals surface area contributed by atoms with Crippen LogP contribution in [0.3, 0.4) is 0 Å². The molecule has 0 spiro atoms. The number of likely N-dealkylation sites (tertiary alicyclic amines) is 1. The fraction of sp³-hybridized carbons (Fsp3) is 0.467. The van der Waals surface area contributed by atoms with E-state index in [2.05, 4.69) is 27.6 Å². The van der Waals surface area contributed by atoms with E-state index in [0.29, 0.717) is 12.1 Å². The molecule has 0 aliphatic carbocycles. The molecule has 1 fully saturated rings. The Morgan fingerprint density at radius 3 is 2.91 bits per heavy atom. The highest BCUT2D eigenvalue weighted by atomic mass is 32.1. The minimum absolute atomic E-state index is 0.0557. The largest absolute Gasteiger partial charge is 0.416 e. The van der Waals surface area contributed by atoms with E-state index in [4.69, 9.17) is 5.73 Å². The van der Waals surface area contributed by atoms with Crippen LogP contribution in [0.2, 0.25) is 0 Å². The molecule has 1 unspecified atom stereocenters. The number of hydrogen-bond acceptors (Lipinski definition) is 3. The van der Waals surface area contributed by atoms with Crippen LogP contribution >= 0.6 is 12.2 Å². The van der Waals surface area contributed by atoms with Gasteiger partial charge in [0.2, 0.25) is 0 Å². The van der Waals surface area contributed by atoms with Crippen molar-refractivity contribution in [1.29, 1.82) is 0 Å². The highest BCUT2D eigenvalue weighted by Crippen LogP contribution is 2.30. The molecule has 1 aromatic rings. The predicted octanol–water partition coefficient (Wildman–Crippen LogP) is 2.88. The zero-order chi connectivity index (χ0) is 16.9. The van der Waals surface area contributed by atoms with Gasteiger partial charge in [-0.15, -0.1) is 0 Å². The van der Waals surface area contributed by atoms with Crippen molar-refractivity contribution in [1.82, 2.24) is 10.3 Å². The number of thiocarbonyl (C=S) groups is 1. The number of rotatable bonds is 4. The van der Waals surface area contributed by atoms with Crippen molar-refractivity contribution in [2.45, 2.75) is 38.0 Å². The smallest absolute Gasteiger partial charge is 0.375 e. The van der Waals surface area contributed by atoms with Crippen LogP contribution in [0.15, 0.2) is 29.4 Å². The maximum absolute atomic E-state index is 12.8. The van der Waals surface area contributed by atoms with Gasteiger partial charge in [-0.05, 0) is 43.2 Å². The molecule has 0 amide bonds. The second-order valence-electron chi connectivity index (χ2n) is 5.49. The van der Waals surface area contributed by atoms with Crippen molar-refractivity contribution in [3.05, 3.63) is 35.4 Å². The fourth-order valence-electron chi connectivity index (χ4n) is 2.65. The molecule has 0 saturated carbocycles. The van der Waals surface area contributed by atoms with Gasteiger partial charge in [0.05, 0.1) is 5.56 Å². The zero-order valence-corrected chi connectivity index (χ0v) is 13.3. The van der Waals surface area contributed by atoms with E-state index in [1.807, 2.05) is 0 Å². The number of piperidine rings is 1. The summed E-state index contributed by atoms with van der Waals surface area (Å²) in [4.78, 5) is 2.11. The number of benzene rings is 1. The minimum atomic E-state index is -4.32. The van der Waals surface area contributed by atoms with Crippen LogP contribution in [0.1, 0.15) is 30.4 Å². The summed E-state index contributed by atoms with van der Waals surface area (Å²) in [6.45, 7) is 1.27. The van der Waals surface area contributed by atoms with E-state index in [9.17, 15) is 13.2 Å². The van der Waals surface area contributed by atoms with E-state index >= 15 is 0 Å². The van der Waals surface area contributed by atoms with Crippen LogP contribution in [-0.2, 0) is 12.7 Å². The lowest BCUT2D eigenvalue weighted by Crippen LogP contribution is -2.40. The Bertz CT molecular complexity index is 574. The summed E-state index contributed by atoms with van der Waals surface area (Å²) in [5, 5.41) is 4.07. The first-order valence-corrected chi connectivity index (χ1v) is 7.76. The number of nitrogens with one attached hydrogen (secondary N) is 1. The minimum Gasteiger partial charge on any atom is -0.375 e. The van der Waals surface area contributed by atoms with Gasteiger partial charge in [0.25, 0.3) is 0 Å². The van der Waals surface area contributed by atoms with E-state index in [1.54, 1.807) is 12.3 Å². The second-order valence-corrected chi connectivity index (χ2v) is 5.93. The van der Waals surface area contributed by atoms with Gasteiger partial charge in [0.1, 0.15) is 0 Å². The first kappa shape index (κ1) is 17.7. The monoisotopic (exact) mass is 344 g/mol. The summed E-state index contributed by atoms with van der Waals surface area (Å²) in [5.41, 5.74) is 7.84. The lowest BCUT2D eigenvalue weighted by molar-refractivity contribution is -0.137. The van der Waals surface area contributed by atoms with Crippen molar-refractivity contribution < 1.29 is 13.2 Å². The molecule has 4 nitrogen and oxygen atoms in total. The molecule has 0 radical (unpaired) electrons. The Kier molecular flexibility index (Phi) is 5.95. The molecule has 8 heteroatoms. The third-order valence-electron chi connectivity index (χ3n) is 3.73. The molecular formula is C15H19F3N4S. The molecule has 1 aromatic carbocycles. The third kappa shape index (κ3) is 5.47. The van der Waals surface area contributed by atoms with Crippen molar-refractivity contribution in [2.24, 2.45) is 10.8 Å². The second kappa shape index (κ2) is 7.74. The molecule has 23 heavy (non-hydrogen) atoms. The molecule has 0 bridgehead atoms. The van der Waals surface area contributed by atoms with E-state index in [-0.39, 0.29) is 11.2 Å². The van der Waals surface area contributed by atoms with Crippen LogP contribution in [0.4, 0.5) is 13.2 Å². The van der Waals surface area contributed by atoms with Gasteiger partial charge in [-0.1, -0.05) is 24.6 Å². The summed E-state index contributed by atoms with van der Waals surface area (Å²) in [6.07, 6.45) is 0.377. The average Bonchev–Trinajstić information content (AvgIpc) is 2.48. The van der Waals surface area contributed by atoms with Gasteiger partial charge in [0, 0.05) is 18.8 Å². The summed E-state index contributed by atoms with van der Waals surface area (Å²) >= 11 is 4.68. The third-order valence-corrected chi connectivity index (χ3v) is 3.82. The lowest BCUT2D eigenvalue weighted by Gasteiger charge is -2.33. The number of hydrazone groups is 1. The molecule has 1 atom stereocenters. The maximum atomic E-state index is 12.8. The van der Waals surface area contributed by atoms with Gasteiger partial charge in [0.15, 0.2) is 5.11 Å². The number of alkyl halides is 3. The SMILES string of the molecule is NC(=S)NN=CC1CCCCN1Cc1cccc(C(F)(F)F)c1. The quantitative estimate of drug-likeness (QED) is 0.501. The highest BCUT2D eigenvalue weighted by Gasteiger charge is 2.30. The van der Waals surface area contributed by atoms with Gasteiger partial charge < -0.3 is 5.73 Å². The molecule has 3 N–H and O–H groups in total. The number of halogens is 3. The number of nitrogens with zero attached hydrogens (tertiary/aromatic N) is 2. The van der Waals surface area contributed by atoms with Gasteiger partial charge in [-0.25, -0.2) is 0 Å². The summed E-state index contributed by atoms with van der Waals surface area (Å²) in [7, 11) is 0.